The highest BCUT2D eigenvalue weighted by atomic mass is 35.5. The Morgan fingerprint density at radius 1 is 0.975 bits per heavy atom. The first kappa shape index (κ1) is 27.3. The van der Waals surface area contributed by atoms with Crippen LogP contribution in [0, 0.1) is 12.3 Å². The molecule has 3 aromatic rings. The van der Waals surface area contributed by atoms with Gasteiger partial charge in [0.2, 0.25) is 10.9 Å². The van der Waals surface area contributed by atoms with Crippen molar-refractivity contribution in [2.45, 2.75) is 6.92 Å². The molecule has 0 saturated carbocycles. The molecule has 0 bridgehead atoms. The Hall–Kier alpha value is -4.28. The van der Waals surface area contributed by atoms with Crippen molar-refractivity contribution in [1.82, 2.24) is 5.01 Å². The second kappa shape index (κ2) is 11.8. The number of fused-ring (bicyclic) bond motifs is 1. The average Bonchev–Trinajstić information content (AvgIpc) is 3.38. The molecule has 40 heavy (non-hydrogen) atoms. The maximum absolute atomic E-state index is 12.9. The molecule has 0 radical (unpaired) electrons. The van der Waals surface area contributed by atoms with E-state index in [0.717, 1.165) is 11.1 Å². The first-order chi connectivity index (χ1) is 19.4. The number of carbonyl (C=O) groups is 1. The number of benzene rings is 3. The van der Waals surface area contributed by atoms with E-state index in [1.807, 2.05) is 43.3 Å². The number of hydrazone groups is 1. The normalized spacial score (nSPS) is 15.5. The van der Waals surface area contributed by atoms with Gasteiger partial charge in [-0.15, -0.1) is 0 Å². The number of carbonyl (C=O) groups excluding carboxylic acids is 1. The van der Waals surface area contributed by atoms with E-state index in [2.05, 4.69) is 10.1 Å². The summed E-state index contributed by atoms with van der Waals surface area (Å²) in [5.41, 5.74) is 2.64. The van der Waals surface area contributed by atoms with E-state index in [4.69, 9.17) is 36.0 Å². The molecule has 0 fully saturated rings. The zero-order chi connectivity index (χ0) is 28.2. The van der Waals surface area contributed by atoms with E-state index in [9.17, 15) is 4.79 Å². The minimum Gasteiger partial charge on any atom is -0.493 e. The number of thioether (sulfide) groups is 1. The van der Waals surface area contributed by atoms with Gasteiger partial charge in [-0.3, -0.25) is 10.2 Å². The molecule has 204 valence electrons. The van der Waals surface area contributed by atoms with Crippen LogP contribution in [0.15, 0.2) is 76.3 Å². The van der Waals surface area contributed by atoms with Crippen LogP contribution >= 0.6 is 23.4 Å². The lowest BCUT2D eigenvalue weighted by molar-refractivity contribution is -0.114. The summed E-state index contributed by atoms with van der Waals surface area (Å²) < 4.78 is 22.7. The molecule has 0 unspecified atom stereocenters. The standard InChI is InChI=1S/C29H25ClN4O5S/c1-17-7-6-8-19(13-17)28-33-34-26(31)20(27(35)32-29(34)40-28)14-18-15-23(36-2)25(24(16-18)37-3)39-12-11-38-22-10-5-4-9-21(22)30/h4-10,13-16,31H,11-12H2,1-3H3. The lowest BCUT2D eigenvalue weighted by Gasteiger charge is -2.20. The summed E-state index contributed by atoms with van der Waals surface area (Å²) >= 11 is 7.39. The van der Waals surface area contributed by atoms with Crippen LogP contribution in [0.4, 0.5) is 0 Å². The number of nitrogens with one attached hydrogen (secondary N) is 1. The molecule has 9 nitrogen and oxygen atoms in total. The average molecular weight is 577 g/mol. The number of amidine groups is 2. The number of aryl methyl sites for hydroxylation is 1. The Kier molecular flexibility index (Phi) is 8.09. The van der Waals surface area contributed by atoms with Gasteiger partial charge in [0, 0.05) is 5.56 Å². The summed E-state index contributed by atoms with van der Waals surface area (Å²) in [6, 6.07) is 18.4. The lowest BCUT2D eigenvalue weighted by Crippen LogP contribution is -2.35. The summed E-state index contributed by atoms with van der Waals surface area (Å²) in [5.74, 6) is 1.12. The van der Waals surface area contributed by atoms with Crippen LogP contribution in [0.1, 0.15) is 16.7 Å². The Morgan fingerprint density at radius 2 is 1.70 bits per heavy atom. The Balaban J connectivity index is 1.36. The van der Waals surface area contributed by atoms with Crippen LogP contribution < -0.4 is 18.9 Å². The molecular formula is C29H25ClN4O5S. The van der Waals surface area contributed by atoms with Crippen LogP contribution in [0.5, 0.6) is 23.0 Å². The van der Waals surface area contributed by atoms with Gasteiger partial charge in [-0.1, -0.05) is 47.5 Å². The van der Waals surface area contributed by atoms with Gasteiger partial charge < -0.3 is 18.9 Å². The number of para-hydroxylation sites is 1. The molecule has 11 heteroatoms. The summed E-state index contributed by atoms with van der Waals surface area (Å²) in [6.07, 6.45) is 1.56. The van der Waals surface area contributed by atoms with Gasteiger partial charge in [0.05, 0.1) is 24.8 Å². The van der Waals surface area contributed by atoms with Crippen molar-refractivity contribution in [3.63, 3.8) is 0 Å². The molecule has 0 spiro atoms. The van der Waals surface area contributed by atoms with Crippen molar-refractivity contribution in [1.29, 1.82) is 5.41 Å². The predicted octanol–water partition coefficient (Wildman–Crippen LogP) is 5.79. The van der Waals surface area contributed by atoms with E-state index in [1.165, 1.54) is 31.0 Å². The first-order valence-corrected chi connectivity index (χ1v) is 13.4. The van der Waals surface area contributed by atoms with Gasteiger partial charge in [0.15, 0.2) is 17.3 Å². The molecule has 1 amide bonds. The molecule has 0 saturated heterocycles. The van der Waals surface area contributed by atoms with Crippen molar-refractivity contribution in [2.24, 2.45) is 10.1 Å². The molecule has 0 aromatic heterocycles. The van der Waals surface area contributed by atoms with E-state index >= 15 is 0 Å². The van der Waals surface area contributed by atoms with Crippen molar-refractivity contribution in [2.75, 3.05) is 27.4 Å². The maximum atomic E-state index is 12.9. The van der Waals surface area contributed by atoms with Gasteiger partial charge in [0.1, 0.15) is 24.0 Å². The number of hydrogen-bond acceptors (Lipinski definition) is 8. The minimum atomic E-state index is -0.528. The summed E-state index contributed by atoms with van der Waals surface area (Å²) in [5, 5.41) is 16.2. The molecule has 2 aliphatic rings. The number of rotatable bonds is 9. The zero-order valence-electron chi connectivity index (χ0n) is 21.9. The Labute approximate surface area is 240 Å². The molecular weight excluding hydrogens is 552 g/mol. The monoisotopic (exact) mass is 576 g/mol. The van der Waals surface area contributed by atoms with Crippen LogP contribution in [-0.4, -0.2) is 54.4 Å². The number of nitrogens with zero attached hydrogens (tertiary/aromatic N) is 3. The molecule has 3 aromatic carbocycles. The molecule has 1 N–H and O–H groups in total. The van der Waals surface area contributed by atoms with Gasteiger partial charge in [-0.05, 0) is 60.7 Å². The van der Waals surface area contributed by atoms with Crippen LogP contribution in [-0.2, 0) is 4.79 Å². The molecule has 0 atom stereocenters. The van der Waals surface area contributed by atoms with Gasteiger partial charge in [-0.25, -0.2) is 0 Å². The summed E-state index contributed by atoms with van der Waals surface area (Å²) in [7, 11) is 3.01. The highest BCUT2D eigenvalue weighted by Crippen LogP contribution is 2.40. The largest absolute Gasteiger partial charge is 0.493 e. The second-order valence-corrected chi connectivity index (χ2v) is 10.0. The second-order valence-electron chi connectivity index (χ2n) is 8.68. The fraction of sp³-hybridized carbons (Fsp3) is 0.172. The molecule has 0 aliphatic carbocycles. The third-order valence-corrected chi connectivity index (χ3v) is 7.21. The minimum absolute atomic E-state index is 0.0693. The number of amides is 1. The topological polar surface area (TPSA) is 106 Å². The predicted molar refractivity (Wildman–Crippen MR) is 157 cm³/mol. The SMILES string of the molecule is COc1cc(C=C2C(=N)N3N=C(c4cccc(C)c4)SC3=NC2=O)cc(OC)c1OCCOc1ccccc1Cl. The fourth-order valence-corrected chi connectivity index (χ4v) is 5.11. The highest BCUT2D eigenvalue weighted by Gasteiger charge is 2.36. The quantitative estimate of drug-likeness (QED) is 0.254. The number of ether oxygens (including phenoxy) is 4. The van der Waals surface area contributed by atoms with Gasteiger partial charge in [0.25, 0.3) is 5.91 Å². The van der Waals surface area contributed by atoms with Crippen molar-refractivity contribution < 1.29 is 23.7 Å². The van der Waals surface area contributed by atoms with Crippen LogP contribution in [0.3, 0.4) is 0 Å². The Bertz CT molecular complexity index is 1560. The van der Waals surface area contributed by atoms with Crippen LogP contribution in [0.2, 0.25) is 5.02 Å². The number of methoxy groups -OCH3 is 2. The lowest BCUT2D eigenvalue weighted by atomic mass is 10.1. The van der Waals surface area contributed by atoms with Crippen molar-refractivity contribution in [3.05, 3.63) is 87.9 Å². The van der Waals surface area contributed by atoms with E-state index < -0.39 is 5.91 Å². The number of hydrogen-bond donors (Lipinski definition) is 1. The molecule has 5 rings (SSSR count). The van der Waals surface area contributed by atoms with Crippen LogP contribution in [0.25, 0.3) is 6.08 Å². The fourth-order valence-electron chi connectivity index (χ4n) is 4.04. The summed E-state index contributed by atoms with van der Waals surface area (Å²) in [4.78, 5) is 17.1. The molecule has 2 aliphatic heterocycles. The third-order valence-electron chi connectivity index (χ3n) is 5.94. The number of aliphatic imine (C=N–C) groups is 1. The third kappa shape index (κ3) is 5.68. The first-order valence-electron chi connectivity index (χ1n) is 12.2. The summed E-state index contributed by atoms with van der Waals surface area (Å²) in [6.45, 7) is 2.44. The van der Waals surface area contributed by atoms with E-state index in [0.29, 0.717) is 43.8 Å². The van der Waals surface area contributed by atoms with E-state index in [-0.39, 0.29) is 24.6 Å². The highest BCUT2D eigenvalue weighted by molar-refractivity contribution is 8.27. The van der Waals surface area contributed by atoms with E-state index in [1.54, 1.807) is 30.3 Å². The van der Waals surface area contributed by atoms with Gasteiger partial charge >= 0.3 is 0 Å². The Morgan fingerprint density at radius 3 is 2.40 bits per heavy atom. The maximum Gasteiger partial charge on any atom is 0.283 e. The van der Waals surface area contributed by atoms with Crippen molar-refractivity contribution >= 4 is 51.4 Å². The zero-order valence-corrected chi connectivity index (χ0v) is 23.5. The number of halogens is 1. The van der Waals surface area contributed by atoms with Gasteiger partial charge in [-0.2, -0.15) is 15.1 Å². The smallest absolute Gasteiger partial charge is 0.283 e. The molecule has 2 heterocycles. The van der Waals surface area contributed by atoms with Crippen molar-refractivity contribution in [3.8, 4) is 23.0 Å².